The molecule has 0 bridgehead atoms. The molecular formula is C30H35F3LiN5O4. The quantitative estimate of drug-likeness (QED) is 0.329. The van der Waals surface area contributed by atoms with E-state index in [4.69, 9.17) is 9.84 Å². The number of likely N-dealkylation sites (tertiary alicyclic amines) is 1. The SMILES string of the molecule is CC(C)(C)OC(=O)N1CCC(c2ccc(Nc3ncc(C(F)(F)F)c(CCc4ncccc4CC(=O)O)n3)cc2)CC1.[LiH]. The number of carbonyl (C=O) groups is 2. The molecular weight excluding hydrogens is 558 g/mol. The van der Waals surface area contributed by atoms with Crippen LogP contribution in [0.1, 0.15) is 67.6 Å². The van der Waals surface area contributed by atoms with Gasteiger partial charge in [-0.25, -0.2) is 14.8 Å². The van der Waals surface area contributed by atoms with Crippen molar-refractivity contribution in [1.82, 2.24) is 19.9 Å². The molecule has 226 valence electrons. The Morgan fingerprint density at radius 3 is 2.28 bits per heavy atom. The van der Waals surface area contributed by atoms with Gasteiger partial charge in [0.15, 0.2) is 0 Å². The number of amides is 1. The molecule has 1 aliphatic rings. The first kappa shape index (κ1) is 33.9. The van der Waals surface area contributed by atoms with Crippen molar-refractivity contribution in [1.29, 1.82) is 0 Å². The summed E-state index contributed by atoms with van der Waals surface area (Å²) in [7, 11) is 0. The van der Waals surface area contributed by atoms with Crippen LogP contribution in [-0.2, 0) is 35.0 Å². The maximum absolute atomic E-state index is 13.7. The molecule has 43 heavy (non-hydrogen) atoms. The molecule has 0 saturated carbocycles. The van der Waals surface area contributed by atoms with E-state index < -0.39 is 23.3 Å². The van der Waals surface area contributed by atoms with Crippen LogP contribution in [0.5, 0.6) is 0 Å². The number of alkyl halides is 3. The molecule has 2 aromatic heterocycles. The van der Waals surface area contributed by atoms with Crippen LogP contribution >= 0.6 is 0 Å². The molecule has 0 unspecified atom stereocenters. The second kappa shape index (κ2) is 14.2. The average Bonchev–Trinajstić information content (AvgIpc) is 2.91. The zero-order valence-corrected chi connectivity index (χ0v) is 23.7. The number of hydrogen-bond acceptors (Lipinski definition) is 7. The van der Waals surface area contributed by atoms with Gasteiger partial charge in [-0.2, -0.15) is 13.2 Å². The Balaban J connectivity index is 0.00000506. The molecule has 9 nitrogen and oxygen atoms in total. The van der Waals surface area contributed by atoms with Crippen molar-refractivity contribution < 1.29 is 32.6 Å². The molecule has 0 atom stereocenters. The third kappa shape index (κ3) is 9.69. The number of nitrogens with one attached hydrogen (secondary N) is 1. The molecule has 0 radical (unpaired) electrons. The summed E-state index contributed by atoms with van der Waals surface area (Å²) in [5.74, 6) is -0.765. The Labute approximate surface area is 260 Å². The van der Waals surface area contributed by atoms with Gasteiger partial charge in [-0.05, 0) is 81.7 Å². The minimum atomic E-state index is -4.65. The van der Waals surface area contributed by atoms with Crippen LogP contribution in [0.4, 0.5) is 29.6 Å². The van der Waals surface area contributed by atoms with Crippen LogP contribution in [0.15, 0.2) is 48.8 Å². The molecule has 4 rings (SSSR count). The van der Waals surface area contributed by atoms with Crippen molar-refractivity contribution in [2.45, 2.75) is 70.6 Å². The molecule has 0 spiro atoms. The number of aromatic nitrogens is 3. The second-order valence-electron chi connectivity index (χ2n) is 11.2. The number of ether oxygens (including phenoxy) is 1. The number of carboxylic acid groups (broad SMARTS) is 1. The van der Waals surface area contributed by atoms with Crippen molar-refractivity contribution in [3.05, 3.63) is 76.9 Å². The zero-order valence-electron chi connectivity index (χ0n) is 23.7. The average molecular weight is 594 g/mol. The number of hydrogen-bond donors (Lipinski definition) is 2. The van der Waals surface area contributed by atoms with Crippen molar-refractivity contribution in [2.24, 2.45) is 0 Å². The Kier molecular flexibility index (Phi) is 11.2. The van der Waals surface area contributed by atoms with Crippen LogP contribution < -0.4 is 5.32 Å². The third-order valence-corrected chi connectivity index (χ3v) is 6.88. The van der Waals surface area contributed by atoms with Gasteiger partial charge in [-0.3, -0.25) is 9.78 Å². The maximum atomic E-state index is 13.7. The summed E-state index contributed by atoms with van der Waals surface area (Å²) in [6.07, 6.45) is -1.42. The summed E-state index contributed by atoms with van der Waals surface area (Å²) in [4.78, 5) is 37.5. The van der Waals surface area contributed by atoms with Gasteiger partial charge >= 0.3 is 37.1 Å². The molecule has 1 fully saturated rings. The van der Waals surface area contributed by atoms with Gasteiger partial charge in [0, 0.05) is 36.9 Å². The fourth-order valence-corrected chi connectivity index (χ4v) is 4.85. The van der Waals surface area contributed by atoms with Crippen molar-refractivity contribution in [2.75, 3.05) is 18.4 Å². The van der Waals surface area contributed by atoms with Gasteiger partial charge in [0.05, 0.1) is 17.7 Å². The Morgan fingerprint density at radius 1 is 1.02 bits per heavy atom. The topological polar surface area (TPSA) is 118 Å². The molecule has 1 aromatic carbocycles. The Hall–Kier alpha value is -3.62. The van der Waals surface area contributed by atoms with E-state index in [9.17, 15) is 22.8 Å². The number of rotatable bonds is 8. The molecule has 1 saturated heterocycles. The zero-order chi connectivity index (χ0) is 30.5. The first-order chi connectivity index (χ1) is 19.8. The van der Waals surface area contributed by atoms with E-state index in [-0.39, 0.29) is 61.8 Å². The fraction of sp³-hybridized carbons (Fsp3) is 0.433. The summed E-state index contributed by atoms with van der Waals surface area (Å²) in [6.45, 7) is 6.71. The third-order valence-electron chi connectivity index (χ3n) is 6.88. The van der Waals surface area contributed by atoms with E-state index >= 15 is 0 Å². The van der Waals surface area contributed by atoms with Crippen LogP contribution in [-0.4, -0.2) is 74.6 Å². The number of aliphatic carboxylic acids is 1. The van der Waals surface area contributed by atoms with Gasteiger partial charge in [0.1, 0.15) is 5.60 Å². The predicted molar refractivity (Wildman–Crippen MR) is 157 cm³/mol. The van der Waals surface area contributed by atoms with Crippen LogP contribution in [0.2, 0.25) is 0 Å². The minimum absolute atomic E-state index is 0. The number of carbonyl (C=O) groups excluding carboxylic acids is 1. The molecule has 13 heteroatoms. The second-order valence-corrected chi connectivity index (χ2v) is 11.2. The van der Waals surface area contributed by atoms with E-state index in [1.165, 1.54) is 6.20 Å². The van der Waals surface area contributed by atoms with Gasteiger partial charge in [0.2, 0.25) is 5.95 Å². The number of nitrogens with zero attached hydrogens (tertiary/aromatic N) is 4. The monoisotopic (exact) mass is 593 g/mol. The Bertz CT molecular complexity index is 1410. The number of piperidine rings is 1. The summed E-state index contributed by atoms with van der Waals surface area (Å²) in [5.41, 5.74) is 0.876. The van der Waals surface area contributed by atoms with E-state index in [1.807, 2.05) is 45.0 Å². The van der Waals surface area contributed by atoms with Gasteiger partial charge in [0.25, 0.3) is 0 Å². The van der Waals surface area contributed by atoms with Gasteiger partial charge in [-0.15, -0.1) is 0 Å². The predicted octanol–water partition coefficient (Wildman–Crippen LogP) is 5.51. The summed E-state index contributed by atoms with van der Waals surface area (Å²) in [5, 5.41) is 12.1. The molecule has 3 aromatic rings. The van der Waals surface area contributed by atoms with Gasteiger partial charge < -0.3 is 20.1 Å². The van der Waals surface area contributed by atoms with Crippen molar-refractivity contribution in [3.8, 4) is 0 Å². The normalized spacial score (nSPS) is 14.1. The number of aryl methyl sites for hydroxylation is 2. The number of halogens is 3. The van der Waals surface area contributed by atoms with Crippen molar-refractivity contribution in [3.63, 3.8) is 0 Å². The molecule has 3 heterocycles. The van der Waals surface area contributed by atoms with Gasteiger partial charge in [-0.1, -0.05) is 18.2 Å². The van der Waals surface area contributed by atoms with E-state index in [1.54, 1.807) is 17.0 Å². The van der Waals surface area contributed by atoms with Crippen LogP contribution in [0, 0.1) is 0 Å². The fourth-order valence-electron chi connectivity index (χ4n) is 4.85. The van der Waals surface area contributed by atoms with Crippen LogP contribution in [0.3, 0.4) is 0 Å². The molecule has 1 amide bonds. The summed E-state index contributed by atoms with van der Waals surface area (Å²) < 4.78 is 46.6. The molecule has 1 aliphatic heterocycles. The number of carboxylic acids is 1. The number of pyridine rings is 1. The van der Waals surface area contributed by atoms with Crippen molar-refractivity contribution >= 4 is 42.6 Å². The number of benzene rings is 1. The van der Waals surface area contributed by atoms with Crippen LogP contribution in [0.25, 0.3) is 0 Å². The van der Waals surface area contributed by atoms with E-state index in [0.717, 1.165) is 24.6 Å². The summed E-state index contributed by atoms with van der Waals surface area (Å²) >= 11 is 0. The number of anilines is 2. The van der Waals surface area contributed by atoms with E-state index in [2.05, 4.69) is 20.3 Å². The Morgan fingerprint density at radius 2 is 1.67 bits per heavy atom. The van der Waals surface area contributed by atoms with E-state index in [0.29, 0.717) is 30.0 Å². The molecule has 0 aliphatic carbocycles. The molecule has 2 N–H and O–H groups in total. The first-order valence-corrected chi connectivity index (χ1v) is 13.7. The first-order valence-electron chi connectivity index (χ1n) is 13.7. The standard InChI is InChI=1S/C30H34F3N5O4.Li.H/c1-29(2,3)42-28(41)38-15-12-20(13-16-38)19-6-8-22(9-7-19)36-27-35-18-23(30(31,32)33)25(37-27)11-10-24-21(17-26(39)40)5-4-14-34-24;;/h4-9,14,18,20H,10-13,15-17H2,1-3H3,(H,39,40)(H,35,36,37);;. The summed E-state index contributed by atoms with van der Waals surface area (Å²) in [6, 6.07) is 10.7.